The zero-order valence-electron chi connectivity index (χ0n) is 25.3. The van der Waals surface area contributed by atoms with Gasteiger partial charge >= 0.3 is 5.97 Å². The lowest BCUT2D eigenvalue weighted by Gasteiger charge is -2.14. The fraction of sp³-hybridized carbons (Fsp3) is 0.312. The van der Waals surface area contributed by atoms with E-state index in [4.69, 9.17) is 24.1 Å². The molecule has 3 aromatic heterocycles. The molecule has 0 saturated carbocycles. The Morgan fingerprint density at radius 3 is 1.96 bits per heavy atom. The molecule has 0 aliphatic rings. The minimum Gasteiger partial charge on any atom is -0.493 e. The van der Waals surface area contributed by atoms with Gasteiger partial charge in [0.05, 0.1) is 55.8 Å². The molecule has 0 atom stereocenters. The highest BCUT2D eigenvalue weighted by atomic mass is 32.1. The number of carboxylic acid groups (broad SMARTS) is 1. The van der Waals surface area contributed by atoms with Gasteiger partial charge in [-0.25, -0.2) is 0 Å². The molecule has 1 amide bonds. The van der Waals surface area contributed by atoms with Crippen LogP contribution in [0.4, 0.5) is 0 Å². The zero-order valence-corrected chi connectivity index (χ0v) is 27.0. The number of ether oxygens (including phenoxy) is 4. The maximum Gasteiger partial charge on any atom is 0.303 e. The number of thiophene rings is 2. The van der Waals surface area contributed by atoms with E-state index in [0.29, 0.717) is 58.9 Å². The average Bonchev–Trinajstić information content (AvgIpc) is 3.75. The first-order chi connectivity index (χ1) is 21.6. The number of ketones is 1. The van der Waals surface area contributed by atoms with Gasteiger partial charge in [-0.15, -0.1) is 22.7 Å². The molecular formula is C32H33N3O8S2. The number of aliphatic carboxylic acids is 1. The van der Waals surface area contributed by atoms with Gasteiger partial charge in [-0.1, -0.05) is 0 Å². The minimum atomic E-state index is -1.00. The summed E-state index contributed by atoms with van der Waals surface area (Å²) in [5.74, 6) is 0.926. The SMILES string of the molecule is COc1cc2sc(C(=O)CCC(=O)O)cc2cc1OCCCOc1cc2cc(C(=O)N(C)Cc3ccn(C)n3)sc2cc1OC. The normalized spacial score (nSPS) is 11.1. The second-order valence-corrected chi connectivity index (χ2v) is 12.5. The summed E-state index contributed by atoms with van der Waals surface area (Å²) in [6, 6.07) is 12.9. The van der Waals surface area contributed by atoms with Crippen LogP contribution in [0.25, 0.3) is 20.2 Å². The number of methoxy groups -OCH3 is 2. The molecule has 0 aliphatic heterocycles. The monoisotopic (exact) mass is 651 g/mol. The van der Waals surface area contributed by atoms with Gasteiger partial charge in [0.2, 0.25) is 0 Å². The van der Waals surface area contributed by atoms with E-state index in [1.807, 2.05) is 49.6 Å². The standard InChI is InChI=1S/C32H33N3O8S2/c1-34(18-21-8-9-35(2)33-21)32(39)30-15-20-13-26(24(41-4)17-28(20)45-30)43-11-5-10-42-25-12-19-14-29(22(36)6-7-31(37)38)44-27(19)16-23(25)40-3/h8-9,12-17H,5-7,10-11,18H2,1-4H3,(H,37,38). The molecule has 0 aliphatic carbocycles. The molecule has 1 N–H and O–H groups in total. The van der Waals surface area contributed by atoms with E-state index in [1.165, 1.54) is 22.7 Å². The third kappa shape index (κ3) is 7.55. The maximum atomic E-state index is 13.1. The second kappa shape index (κ2) is 14.0. The van der Waals surface area contributed by atoms with E-state index in [-0.39, 0.29) is 24.5 Å². The number of nitrogens with zero attached hydrogens (tertiary/aromatic N) is 3. The molecule has 13 heteroatoms. The third-order valence-electron chi connectivity index (χ3n) is 6.98. The minimum absolute atomic E-state index is 0.0456. The highest BCUT2D eigenvalue weighted by molar-refractivity contribution is 7.21. The van der Waals surface area contributed by atoms with Crippen molar-refractivity contribution in [3.63, 3.8) is 0 Å². The second-order valence-electron chi connectivity index (χ2n) is 10.3. The number of hydrogen-bond acceptors (Lipinski definition) is 10. The quantitative estimate of drug-likeness (QED) is 0.106. The van der Waals surface area contributed by atoms with Crippen LogP contribution in [-0.2, 0) is 18.4 Å². The molecule has 3 heterocycles. The number of carbonyl (C=O) groups is 3. The summed E-state index contributed by atoms with van der Waals surface area (Å²) < 4.78 is 26.6. The predicted octanol–water partition coefficient (Wildman–Crippen LogP) is 6.03. The lowest BCUT2D eigenvalue weighted by atomic mass is 10.1. The van der Waals surface area contributed by atoms with Crippen LogP contribution >= 0.6 is 22.7 Å². The van der Waals surface area contributed by atoms with Crippen molar-refractivity contribution < 1.29 is 38.4 Å². The molecule has 11 nitrogen and oxygen atoms in total. The number of carboxylic acids is 1. The number of carbonyl (C=O) groups excluding carboxylic acids is 2. The summed E-state index contributed by atoms with van der Waals surface area (Å²) in [6.45, 7) is 1.12. The number of fused-ring (bicyclic) bond motifs is 2. The van der Waals surface area contributed by atoms with Crippen molar-refractivity contribution in [1.29, 1.82) is 0 Å². The van der Waals surface area contributed by atoms with Gasteiger partial charge in [-0.2, -0.15) is 5.10 Å². The van der Waals surface area contributed by atoms with Crippen LogP contribution < -0.4 is 18.9 Å². The number of benzene rings is 2. The van der Waals surface area contributed by atoms with Crippen molar-refractivity contribution in [3.05, 3.63) is 64.1 Å². The molecule has 236 valence electrons. The van der Waals surface area contributed by atoms with Crippen molar-refractivity contribution in [3.8, 4) is 23.0 Å². The van der Waals surface area contributed by atoms with E-state index in [9.17, 15) is 14.4 Å². The van der Waals surface area contributed by atoms with Crippen LogP contribution in [0.5, 0.6) is 23.0 Å². The Labute approximate surface area is 267 Å². The molecule has 5 aromatic rings. The molecule has 0 unspecified atom stereocenters. The van der Waals surface area contributed by atoms with Crippen LogP contribution in [0, 0.1) is 0 Å². The fourth-order valence-electron chi connectivity index (χ4n) is 4.70. The van der Waals surface area contributed by atoms with Gasteiger partial charge in [0.25, 0.3) is 5.91 Å². The largest absolute Gasteiger partial charge is 0.493 e. The molecule has 5 rings (SSSR count). The van der Waals surface area contributed by atoms with Crippen molar-refractivity contribution >= 4 is 60.5 Å². The van der Waals surface area contributed by atoms with Gasteiger partial charge in [-0.3, -0.25) is 19.1 Å². The van der Waals surface area contributed by atoms with Gasteiger partial charge in [0.15, 0.2) is 28.8 Å². The van der Waals surface area contributed by atoms with E-state index >= 15 is 0 Å². The zero-order chi connectivity index (χ0) is 32.1. The van der Waals surface area contributed by atoms with E-state index in [1.54, 1.807) is 36.9 Å². The highest BCUT2D eigenvalue weighted by Crippen LogP contribution is 2.38. The van der Waals surface area contributed by atoms with Crippen LogP contribution in [0.3, 0.4) is 0 Å². The summed E-state index contributed by atoms with van der Waals surface area (Å²) in [5, 5.41) is 14.9. The lowest BCUT2D eigenvalue weighted by molar-refractivity contribution is -0.136. The summed E-state index contributed by atoms with van der Waals surface area (Å²) in [6.07, 6.45) is 2.17. The Balaban J connectivity index is 1.19. The van der Waals surface area contributed by atoms with Crippen molar-refractivity contribution in [1.82, 2.24) is 14.7 Å². The summed E-state index contributed by atoms with van der Waals surface area (Å²) in [7, 11) is 6.73. The number of Topliss-reactive ketones (excluding diaryl/α,β-unsaturated/α-hetero) is 1. The van der Waals surface area contributed by atoms with Crippen molar-refractivity contribution in [2.24, 2.45) is 7.05 Å². The summed E-state index contributed by atoms with van der Waals surface area (Å²) >= 11 is 2.70. The Hall–Kier alpha value is -4.62. The number of rotatable bonds is 15. The number of hydrogen-bond donors (Lipinski definition) is 1. The third-order valence-corrected chi connectivity index (χ3v) is 9.20. The molecule has 2 aromatic carbocycles. The number of aromatic nitrogens is 2. The van der Waals surface area contributed by atoms with Gasteiger partial charge in [-0.05, 0) is 41.1 Å². The summed E-state index contributed by atoms with van der Waals surface area (Å²) in [4.78, 5) is 39.1. The molecule has 0 saturated heterocycles. The van der Waals surface area contributed by atoms with Crippen LogP contribution in [-0.4, -0.2) is 71.9 Å². The Kier molecular flexibility index (Phi) is 9.89. The van der Waals surface area contributed by atoms with E-state index < -0.39 is 5.97 Å². The first-order valence-electron chi connectivity index (χ1n) is 14.1. The Bertz CT molecular complexity index is 1860. The van der Waals surface area contributed by atoms with Gasteiger partial charge in [0, 0.05) is 54.7 Å². The molecule has 0 fully saturated rings. The molecule has 45 heavy (non-hydrogen) atoms. The average molecular weight is 652 g/mol. The Morgan fingerprint density at radius 1 is 0.844 bits per heavy atom. The van der Waals surface area contributed by atoms with Gasteiger partial charge < -0.3 is 29.0 Å². The smallest absolute Gasteiger partial charge is 0.303 e. The topological polar surface area (TPSA) is 129 Å². The van der Waals surface area contributed by atoms with E-state index in [0.717, 1.165) is 25.9 Å². The fourth-order valence-corrected chi connectivity index (χ4v) is 6.81. The van der Waals surface area contributed by atoms with Gasteiger partial charge in [0.1, 0.15) is 0 Å². The van der Waals surface area contributed by atoms with Crippen molar-refractivity contribution in [2.75, 3.05) is 34.5 Å². The first kappa shape index (κ1) is 31.8. The van der Waals surface area contributed by atoms with Crippen molar-refractivity contribution in [2.45, 2.75) is 25.8 Å². The number of aryl methyl sites for hydroxylation is 1. The molecule has 0 spiro atoms. The van der Waals surface area contributed by atoms with Crippen LogP contribution in [0.2, 0.25) is 0 Å². The first-order valence-corrected chi connectivity index (χ1v) is 15.8. The Morgan fingerprint density at radius 2 is 1.42 bits per heavy atom. The van der Waals surface area contributed by atoms with Crippen LogP contribution in [0.1, 0.15) is 44.3 Å². The molecular weight excluding hydrogens is 618 g/mol. The van der Waals surface area contributed by atoms with E-state index in [2.05, 4.69) is 5.10 Å². The maximum absolute atomic E-state index is 13.1. The highest BCUT2D eigenvalue weighted by Gasteiger charge is 2.19. The predicted molar refractivity (Wildman–Crippen MR) is 173 cm³/mol. The molecule has 0 radical (unpaired) electrons. The molecule has 0 bridgehead atoms. The lowest BCUT2D eigenvalue weighted by Crippen LogP contribution is -2.25. The van der Waals surface area contributed by atoms with Crippen LogP contribution in [0.15, 0.2) is 48.7 Å². The summed E-state index contributed by atoms with van der Waals surface area (Å²) in [5.41, 5.74) is 0.817. The number of amides is 1.